The third-order valence-electron chi connectivity index (χ3n) is 3.66. The van der Waals surface area contributed by atoms with Crippen LogP contribution in [-0.2, 0) is 12.8 Å². The highest BCUT2D eigenvalue weighted by Gasteiger charge is 2.12. The maximum absolute atomic E-state index is 2.38. The van der Waals surface area contributed by atoms with E-state index in [9.17, 15) is 0 Å². The minimum absolute atomic E-state index is 0.794. The van der Waals surface area contributed by atoms with Gasteiger partial charge >= 0.3 is 0 Å². The lowest BCUT2D eigenvalue weighted by Crippen LogP contribution is -2.11. The third kappa shape index (κ3) is 3.37. The Morgan fingerprint density at radius 1 is 0.933 bits per heavy atom. The molecule has 1 aromatic carbocycles. The Bertz CT molecular complexity index is 288. The van der Waals surface area contributed by atoms with E-state index in [1.807, 2.05) is 0 Å². The van der Waals surface area contributed by atoms with Crippen molar-refractivity contribution in [2.45, 2.75) is 47.0 Å². The van der Waals surface area contributed by atoms with Gasteiger partial charge in [0.15, 0.2) is 0 Å². The number of benzene rings is 1. The van der Waals surface area contributed by atoms with Crippen LogP contribution in [0.2, 0.25) is 0 Å². The largest absolute Gasteiger partial charge is 0.0651 e. The van der Waals surface area contributed by atoms with Crippen molar-refractivity contribution in [3.63, 3.8) is 0 Å². The van der Waals surface area contributed by atoms with Crippen molar-refractivity contribution < 1.29 is 0 Å². The molecular formula is C15H24. The SMILES string of the molecule is CCc1ccccc1CC(C)C(C)CC. The molecule has 2 atom stereocenters. The molecule has 0 bridgehead atoms. The van der Waals surface area contributed by atoms with Crippen molar-refractivity contribution in [1.82, 2.24) is 0 Å². The third-order valence-corrected chi connectivity index (χ3v) is 3.66. The van der Waals surface area contributed by atoms with Crippen molar-refractivity contribution >= 4 is 0 Å². The Balaban J connectivity index is 2.71. The van der Waals surface area contributed by atoms with Crippen LogP contribution in [0.4, 0.5) is 0 Å². The maximum atomic E-state index is 2.38. The van der Waals surface area contributed by atoms with Crippen molar-refractivity contribution in [3.8, 4) is 0 Å². The van der Waals surface area contributed by atoms with E-state index >= 15 is 0 Å². The van der Waals surface area contributed by atoms with Crippen LogP contribution in [-0.4, -0.2) is 0 Å². The van der Waals surface area contributed by atoms with Gasteiger partial charge in [-0.05, 0) is 35.8 Å². The van der Waals surface area contributed by atoms with Crippen molar-refractivity contribution in [1.29, 1.82) is 0 Å². The van der Waals surface area contributed by atoms with E-state index in [-0.39, 0.29) is 0 Å². The minimum Gasteiger partial charge on any atom is -0.0651 e. The zero-order valence-electron chi connectivity index (χ0n) is 10.6. The van der Waals surface area contributed by atoms with Crippen molar-refractivity contribution in [2.24, 2.45) is 11.8 Å². The second kappa shape index (κ2) is 5.95. The number of rotatable bonds is 5. The summed E-state index contributed by atoms with van der Waals surface area (Å²) in [4.78, 5) is 0. The highest BCUT2D eigenvalue weighted by atomic mass is 14.2. The lowest BCUT2D eigenvalue weighted by Gasteiger charge is -2.19. The Labute approximate surface area is 94.7 Å². The summed E-state index contributed by atoms with van der Waals surface area (Å²) in [5.41, 5.74) is 3.07. The van der Waals surface area contributed by atoms with E-state index in [1.54, 1.807) is 5.56 Å². The fraction of sp³-hybridized carbons (Fsp3) is 0.600. The van der Waals surface area contributed by atoms with Crippen LogP contribution in [0.25, 0.3) is 0 Å². The molecule has 0 spiro atoms. The van der Waals surface area contributed by atoms with Crippen LogP contribution in [0.1, 0.15) is 45.2 Å². The summed E-state index contributed by atoms with van der Waals surface area (Å²) in [6.45, 7) is 9.26. The summed E-state index contributed by atoms with van der Waals surface area (Å²) in [5, 5.41) is 0. The van der Waals surface area contributed by atoms with Crippen molar-refractivity contribution in [3.05, 3.63) is 35.4 Å². The molecule has 0 heterocycles. The van der Waals surface area contributed by atoms with Gasteiger partial charge in [0.2, 0.25) is 0 Å². The topological polar surface area (TPSA) is 0 Å². The maximum Gasteiger partial charge on any atom is -0.0248 e. The lowest BCUT2D eigenvalue weighted by molar-refractivity contribution is 0.374. The molecule has 15 heavy (non-hydrogen) atoms. The highest BCUT2D eigenvalue weighted by Crippen LogP contribution is 2.21. The molecule has 1 rings (SSSR count). The van der Waals surface area contributed by atoms with Gasteiger partial charge in [0, 0.05) is 0 Å². The summed E-state index contributed by atoms with van der Waals surface area (Å²) in [7, 11) is 0. The zero-order valence-corrected chi connectivity index (χ0v) is 10.6. The summed E-state index contributed by atoms with van der Waals surface area (Å²) < 4.78 is 0. The van der Waals surface area contributed by atoms with Gasteiger partial charge in [0.1, 0.15) is 0 Å². The molecule has 84 valence electrons. The van der Waals surface area contributed by atoms with Crippen LogP contribution in [0, 0.1) is 11.8 Å². The Morgan fingerprint density at radius 3 is 2.07 bits per heavy atom. The van der Waals surface area contributed by atoms with Crippen LogP contribution >= 0.6 is 0 Å². The predicted molar refractivity (Wildman–Crippen MR) is 68.1 cm³/mol. The van der Waals surface area contributed by atoms with E-state index < -0.39 is 0 Å². The standard InChI is InChI=1S/C15H24/c1-5-12(3)13(4)11-15-10-8-7-9-14(15)6-2/h7-10,12-13H,5-6,11H2,1-4H3. The molecule has 0 heteroatoms. The van der Waals surface area contributed by atoms with E-state index in [1.165, 1.54) is 18.4 Å². The highest BCUT2D eigenvalue weighted by molar-refractivity contribution is 5.27. The summed E-state index contributed by atoms with van der Waals surface area (Å²) in [6, 6.07) is 8.87. The molecule has 0 aliphatic heterocycles. The molecule has 0 N–H and O–H groups in total. The van der Waals surface area contributed by atoms with E-state index in [2.05, 4.69) is 52.0 Å². The van der Waals surface area contributed by atoms with Crippen LogP contribution in [0.3, 0.4) is 0 Å². The van der Waals surface area contributed by atoms with E-state index in [4.69, 9.17) is 0 Å². The molecule has 2 unspecified atom stereocenters. The molecule has 0 aliphatic rings. The molecule has 1 aromatic rings. The molecule has 0 aliphatic carbocycles. The second-order valence-corrected chi connectivity index (χ2v) is 4.69. The number of hydrogen-bond donors (Lipinski definition) is 0. The molecule has 0 radical (unpaired) electrons. The van der Waals surface area contributed by atoms with Gasteiger partial charge in [-0.15, -0.1) is 0 Å². The predicted octanol–water partition coefficient (Wildman–Crippen LogP) is 4.47. The molecule has 0 saturated heterocycles. The first-order chi connectivity index (χ1) is 7.19. The smallest absolute Gasteiger partial charge is 0.0248 e. The van der Waals surface area contributed by atoms with Crippen LogP contribution in [0.5, 0.6) is 0 Å². The van der Waals surface area contributed by atoms with Crippen LogP contribution < -0.4 is 0 Å². The first-order valence-electron chi connectivity index (χ1n) is 6.25. The first kappa shape index (κ1) is 12.3. The summed E-state index contributed by atoms with van der Waals surface area (Å²) >= 11 is 0. The molecule has 0 amide bonds. The average molecular weight is 204 g/mol. The number of aryl methyl sites for hydroxylation is 1. The van der Waals surface area contributed by atoms with Gasteiger partial charge in [-0.1, -0.05) is 58.4 Å². The lowest BCUT2D eigenvalue weighted by atomic mass is 9.86. The van der Waals surface area contributed by atoms with Gasteiger partial charge in [0.25, 0.3) is 0 Å². The zero-order chi connectivity index (χ0) is 11.3. The quantitative estimate of drug-likeness (QED) is 0.663. The van der Waals surface area contributed by atoms with E-state index in [0.717, 1.165) is 18.3 Å². The summed E-state index contributed by atoms with van der Waals surface area (Å²) in [6.07, 6.45) is 3.68. The second-order valence-electron chi connectivity index (χ2n) is 4.69. The first-order valence-corrected chi connectivity index (χ1v) is 6.25. The van der Waals surface area contributed by atoms with Gasteiger partial charge in [0.05, 0.1) is 0 Å². The molecular weight excluding hydrogens is 180 g/mol. The van der Waals surface area contributed by atoms with Gasteiger partial charge in [-0.2, -0.15) is 0 Å². The average Bonchev–Trinajstić information content (AvgIpc) is 2.28. The van der Waals surface area contributed by atoms with Gasteiger partial charge in [-0.25, -0.2) is 0 Å². The Hall–Kier alpha value is -0.780. The minimum atomic E-state index is 0.794. The Kier molecular flexibility index (Phi) is 4.87. The van der Waals surface area contributed by atoms with Gasteiger partial charge < -0.3 is 0 Å². The Morgan fingerprint density at radius 2 is 1.53 bits per heavy atom. The molecule has 0 aromatic heterocycles. The molecule has 0 saturated carbocycles. The molecule has 0 nitrogen and oxygen atoms in total. The normalized spacial score (nSPS) is 14.9. The van der Waals surface area contributed by atoms with Crippen molar-refractivity contribution in [2.75, 3.05) is 0 Å². The van der Waals surface area contributed by atoms with Crippen LogP contribution in [0.15, 0.2) is 24.3 Å². The fourth-order valence-corrected chi connectivity index (χ4v) is 2.05. The molecule has 0 fully saturated rings. The summed E-state index contributed by atoms with van der Waals surface area (Å²) in [5.74, 6) is 1.62. The van der Waals surface area contributed by atoms with Gasteiger partial charge in [-0.3, -0.25) is 0 Å². The van der Waals surface area contributed by atoms with E-state index in [0.29, 0.717) is 0 Å². The number of hydrogen-bond acceptors (Lipinski definition) is 0. The fourth-order valence-electron chi connectivity index (χ4n) is 2.05. The monoisotopic (exact) mass is 204 g/mol.